The summed E-state index contributed by atoms with van der Waals surface area (Å²) in [6, 6.07) is 9.58. The van der Waals surface area contributed by atoms with Crippen LogP contribution in [0.15, 0.2) is 48.0 Å². The summed E-state index contributed by atoms with van der Waals surface area (Å²) in [5, 5.41) is 20.2. The topological polar surface area (TPSA) is 134 Å². The van der Waals surface area contributed by atoms with Crippen LogP contribution in [0.2, 0.25) is 0 Å². The summed E-state index contributed by atoms with van der Waals surface area (Å²) in [7, 11) is 2.72. The summed E-state index contributed by atoms with van der Waals surface area (Å²) < 4.78 is 10.8. The highest BCUT2D eigenvalue weighted by molar-refractivity contribution is 9.09. The standard InChI is InChI=1S/C31H29BrCl2N2O8/c1-43-21-11-16(12-22(44-2)25(21)38)24-18-7-8-19-23(20(18)13-30(33)28(41)36(14-32)29(42)31(24,30)34)27(40)35(26(19)39)10-9-15-3-5-17(37)6-4-15/h3-7,11-12,19-20,23-24,37-38H,8-10,13-14H2,1-2H3. The Morgan fingerprint density at radius 3 is 2.16 bits per heavy atom. The number of carbonyl (C=O) groups excluding carboxylic acids is 4. The number of rotatable bonds is 7. The third-order valence-electron chi connectivity index (χ3n) is 9.50. The number of carbonyl (C=O) groups is 4. The van der Waals surface area contributed by atoms with Crippen LogP contribution < -0.4 is 9.47 Å². The zero-order valence-corrected chi connectivity index (χ0v) is 26.9. The lowest BCUT2D eigenvalue weighted by Crippen LogP contribution is -2.60. The fourth-order valence-electron chi connectivity index (χ4n) is 7.40. The molecule has 0 radical (unpaired) electrons. The van der Waals surface area contributed by atoms with Crippen LogP contribution in [0.5, 0.6) is 23.0 Å². The number of likely N-dealkylation sites (tertiary alicyclic amines) is 2. The van der Waals surface area contributed by atoms with Gasteiger partial charge in [0.05, 0.1) is 31.5 Å². The molecule has 6 atom stereocenters. The molecule has 10 nitrogen and oxygen atoms in total. The van der Waals surface area contributed by atoms with Gasteiger partial charge in [0.2, 0.25) is 17.6 Å². The highest BCUT2D eigenvalue weighted by Gasteiger charge is 2.76. The third kappa shape index (κ3) is 4.19. The second kappa shape index (κ2) is 11.0. The van der Waals surface area contributed by atoms with E-state index in [0.29, 0.717) is 17.6 Å². The molecule has 2 saturated heterocycles. The predicted molar refractivity (Wildman–Crippen MR) is 163 cm³/mol. The molecule has 232 valence electrons. The first-order chi connectivity index (χ1) is 20.9. The van der Waals surface area contributed by atoms with Gasteiger partial charge in [-0.1, -0.05) is 39.7 Å². The molecule has 2 N–H and O–H groups in total. The number of hydrogen-bond acceptors (Lipinski definition) is 8. The summed E-state index contributed by atoms with van der Waals surface area (Å²) in [5.41, 5.74) is 1.72. The van der Waals surface area contributed by atoms with Gasteiger partial charge in [0.15, 0.2) is 21.2 Å². The lowest BCUT2D eigenvalue weighted by Gasteiger charge is -2.50. The van der Waals surface area contributed by atoms with Gasteiger partial charge in [0.1, 0.15) is 5.75 Å². The van der Waals surface area contributed by atoms with Crippen molar-refractivity contribution in [1.29, 1.82) is 0 Å². The fraction of sp³-hybridized carbons (Fsp3) is 0.419. The van der Waals surface area contributed by atoms with Crippen molar-refractivity contribution in [3.63, 3.8) is 0 Å². The highest BCUT2D eigenvalue weighted by Crippen LogP contribution is 2.66. The third-order valence-corrected chi connectivity index (χ3v) is 11.4. The van der Waals surface area contributed by atoms with Crippen molar-refractivity contribution >= 4 is 62.8 Å². The van der Waals surface area contributed by atoms with Crippen molar-refractivity contribution in [2.24, 2.45) is 17.8 Å². The fourth-order valence-corrected chi connectivity index (χ4v) is 8.82. The Kier molecular flexibility index (Phi) is 7.65. The van der Waals surface area contributed by atoms with Gasteiger partial charge >= 0.3 is 0 Å². The molecule has 0 bridgehead atoms. The van der Waals surface area contributed by atoms with Crippen LogP contribution >= 0.6 is 39.1 Å². The van der Waals surface area contributed by atoms with Gasteiger partial charge in [0.25, 0.3) is 11.8 Å². The maximum absolute atomic E-state index is 14.0. The summed E-state index contributed by atoms with van der Waals surface area (Å²) >= 11 is 17.7. The Morgan fingerprint density at radius 1 is 0.932 bits per heavy atom. The summed E-state index contributed by atoms with van der Waals surface area (Å²) in [6.07, 6.45) is 2.33. The van der Waals surface area contributed by atoms with Gasteiger partial charge in [-0.3, -0.25) is 29.0 Å². The molecule has 44 heavy (non-hydrogen) atoms. The molecule has 1 saturated carbocycles. The first kappa shape index (κ1) is 30.7. The van der Waals surface area contributed by atoms with E-state index in [1.165, 1.54) is 31.3 Å². The molecule has 13 heteroatoms. The van der Waals surface area contributed by atoms with E-state index < -0.39 is 45.2 Å². The van der Waals surface area contributed by atoms with Crippen LogP contribution in [0.4, 0.5) is 0 Å². The van der Waals surface area contributed by atoms with E-state index in [0.717, 1.165) is 10.5 Å². The molecule has 2 heterocycles. The number of methoxy groups -OCH3 is 2. The second-order valence-corrected chi connectivity index (χ2v) is 13.2. The minimum Gasteiger partial charge on any atom is -0.508 e. The highest BCUT2D eigenvalue weighted by atomic mass is 79.9. The number of hydrogen-bond donors (Lipinski definition) is 2. The maximum atomic E-state index is 14.0. The van der Waals surface area contributed by atoms with Crippen LogP contribution in [0.25, 0.3) is 0 Å². The molecular weight excluding hydrogens is 679 g/mol. The summed E-state index contributed by atoms with van der Waals surface area (Å²) in [4.78, 5) is 53.7. The molecule has 2 aromatic rings. The first-order valence-corrected chi connectivity index (χ1v) is 15.9. The lowest BCUT2D eigenvalue weighted by molar-refractivity contribution is -0.141. The number of allylic oxidation sites excluding steroid dienone is 2. The second-order valence-electron chi connectivity index (χ2n) is 11.5. The van der Waals surface area contributed by atoms with Crippen LogP contribution in [0.3, 0.4) is 0 Å². The number of phenolic OH excluding ortho intramolecular Hbond substituents is 2. The number of amides is 4. The Labute approximate surface area is 271 Å². The van der Waals surface area contributed by atoms with Crippen molar-refractivity contribution in [1.82, 2.24) is 9.80 Å². The zero-order chi connectivity index (χ0) is 31.7. The normalized spacial score (nSPS) is 31.1. The van der Waals surface area contributed by atoms with E-state index in [1.807, 2.05) is 6.08 Å². The van der Waals surface area contributed by atoms with E-state index in [2.05, 4.69) is 15.9 Å². The number of ether oxygens (including phenoxy) is 2. The largest absolute Gasteiger partial charge is 0.508 e. The summed E-state index contributed by atoms with van der Waals surface area (Å²) in [5.74, 6) is -5.30. The van der Waals surface area contributed by atoms with Crippen LogP contribution in [-0.2, 0) is 25.6 Å². The number of phenols is 2. The quantitative estimate of drug-likeness (QED) is 0.191. The van der Waals surface area contributed by atoms with Crippen molar-refractivity contribution in [2.75, 3.05) is 26.2 Å². The molecule has 4 aliphatic rings. The molecule has 0 aromatic heterocycles. The SMILES string of the molecule is COc1cc(C2C3=CCC4C(=O)N(CCc5ccc(O)cc5)C(=O)C4C3CC3(Cl)C(=O)N(CBr)C(=O)C23Cl)cc(OC)c1O. The van der Waals surface area contributed by atoms with Crippen molar-refractivity contribution in [3.05, 3.63) is 59.2 Å². The predicted octanol–water partition coefficient (Wildman–Crippen LogP) is 4.07. The van der Waals surface area contributed by atoms with Crippen molar-refractivity contribution in [2.45, 2.75) is 34.9 Å². The van der Waals surface area contributed by atoms with Gasteiger partial charge in [-0.25, -0.2) is 0 Å². The van der Waals surface area contributed by atoms with E-state index in [9.17, 15) is 29.4 Å². The van der Waals surface area contributed by atoms with Crippen LogP contribution in [0, 0.1) is 17.8 Å². The summed E-state index contributed by atoms with van der Waals surface area (Å²) in [6.45, 7) is 0.146. The van der Waals surface area contributed by atoms with Gasteiger partial charge in [-0.2, -0.15) is 0 Å². The minimum atomic E-state index is -1.99. The molecule has 2 aromatic carbocycles. The molecule has 4 amide bonds. The van der Waals surface area contributed by atoms with Gasteiger partial charge in [0, 0.05) is 12.5 Å². The average Bonchev–Trinajstić information content (AvgIpc) is 3.34. The molecule has 6 rings (SSSR count). The number of halogens is 3. The maximum Gasteiger partial charge on any atom is 0.254 e. The molecule has 2 aliphatic heterocycles. The van der Waals surface area contributed by atoms with Gasteiger partial charge in [-0.05, 0) is 60.6 Å². The molecule has 2 aliphatic carbocycles. The number of nitrogens with zero attached hydrogens (tertiary/aromatic N) is 2. The average molecular weight is 708 g/mol. The molecule has 6 unspecified atom stereocenters. The smallest absolute Gasteiger partial charge is 0.254 e. The zero-order valence-electron chi connectivity index (χ0n) is 23.8. The van der Waals surface area contributed by atoms with E-state index >= 15 is 0 Å². The van der Waals surface area contributed by atoms with Crippen molar-refractivity contribution in [3.8, 4) is 23.0 Å². The Morgan fingerprint density at radius 2 is 1.57 bits per heavy atom. The molecule has 3 fully saturated rings. The first-order valence-electron chi connectivity index (χ1n) is 14.0. The Bertz CT molecular complexity index is 1590. The number of alkyl halides is 3. The number of benzene rings is 2. The Balaban J connectivity index is 1.45. The van der Waals surface area contributed by atoms with Crippen LogP contribution in [0.1, 0.15) is 29.9 Å². The molecular formula is C31H29BrCl2N2O8. The number of imide groups is 2. The van der Waals surface area contributed by atoms with Crippen molar-refractivity contribution < 1.29 is 38.9 Å². The minimum absolute atomic E-state index is 0.0536. The van der Waals surface area contributed by atoms with Crippen LogP contribution in [-0.4, -0.2) is 79.6 Å². The Hall–Kier alpha value is -3.28. The van der Waals surface area contributed by atoms with Gasteiger partial charge in [-0.15, -0.1) is 23.2 Å². The van der Waals surface area contributed by atoms with E-state index in [-0.39, 0.29) is 59.7 Å². The lowest BCUT2D eigenvalue weighted by atomic mass is 9.56. The van der Waals surface area contributed by atoms with Gasteiger partial charge < -0.3 is 19.7 Å². The molecule has 0 spiro atoms. The number of fused-ring (bicyclic) bond motifs is 4. The number of aromatic hydroxyl groups is 2. The monoisotopic (exact) mass is 706 g/mol. The van der Waals surface area contributed by atoms with E-state index in [4.69, 9.17) is 32.7 Å². The van der Waals surface area contributed by atoms with E-state index in [1.54, 1.807) is 24.3 Å².